The number of aromatic nitrogens is 2. The molecule has 0 fully saturated rings. The van der Waals surface area contributed by atoms with Crippen molar-refractivity contribution in [3.63, 3.8) is 0 Å². The fourth-order valence-corrected chi connectivity index (χ4v) is 1.75. The number of nitrogens with zero attached hydrogens (tertiary/aromatic N) is 2. The maximum atomic E-state index is 11.9. The van der Waals surface area contributed by atoms with Gasteiger partial charge in [0.2, 0.25) is 5.91 Å². The summed E-state index contributed by atoms with van der Waals surface area (Å²) in [5.74, 6) is -0.495. The number of nitrogens with one attached hydrogen (secondary N) is 1. The van der Waals surface area contributed by atoms with Crippen LogP contribution in [0.4, 0.5) is 5.82 Å². The zero-order chi connectivity index (χ0) is 15.4. The fourth-order valence-electron chi connectivity index (χ4n) is 1.75. The zero-order valence-corrected chi connectivity index (χ0v) is 11.5. The van der Waals surface area contributed by atoms with E-state index in [1.807, 2.05) is 0 Å². The molecule has 0 atom stereocenters. The Morgan fingerprint density at radius 1 is 1.29 bits per heavy atom. The Bertz CT molecular complexity index is 752. The Morgan fingerprint density at radius 3 is 2.71 bits per heavy atom. The van der Waals surface area contributed by atoms with E-state index in [4.69, 9.17) is 0 Å². The van der Waals surface area contributed by atoms with E-state index in [0.29, 0.717) is 11.5 Å². The van der Waals surface area contributed by atoms with E-state index in [-0.39, 0.29) is 17.0 Å². The molecule has 2 rings (SSSR count). The first kappa shape index (κ1) is 14.4. The normalized spacial score (nSPS) is 10.0. The number of methoxy groups -OCH3 is 1. The largest absolute Gasteiger partial charge is 0.465 e. The number of hydrogen-bond donors (Lipinski definition) is 1. The Kier molecular flexibility index (Phi) is 4.13. The lowest BCUT2D eigenvalue weighted by Crippen LogP contribution is -2.19. The maximum absolute atomic E-state index is 11.9. The van der Waals surface area contributed by atoms with Crippen molar-refractivity contribution in [1.29, 1.82) is 0 Å². The molecule has 0 unspecified atom stereocenters. The lowest BCUT2D eigenvalue weighted by Gasteiger charge is -2.09. The van der Waals surface area contributed by atoms with Crippen LogP contribution in [0.15, 0.2) is 41.5 Å². The van der Waals surface area contributed by atoms with E-state index in [9.17, 15) is 14.4 Å². The summed E-state index contributed by atoms with van der Waals surface area (Å²) < 4.78 is 5.90. The third kappa shape index (κ3) is 3.33. The second kappa shape index (κ2) is 6.00. The van der Waals surface area contributed by atoms with Crippen LogP contribution in [0.2, 0.25) is 0 Å². The molecule has 0 aromatic carbocycles. The van der Waals surface area contributed by atoms with Gasteiger partial charge in [0, 0.05) is 31.5 Å². The van der Waals surface area contributed by atoms with Crippen LogP contribution in [0, 0.1) is 0 Å². The topological polar surface area (TPSA) is 90.3 Å². The number of rotatable bonds is 3. The van der Waals surface area contributed by atoms with Gasteiger partial charge >= 0.3 is 5.97 Å². The molecular weight excluding hydrogens is 274 g/mol. The standard InChI is InChI=1S/C14H13N3O4/c1-9(18)16-12-7-11(5-6-15-12)17-8-10(14(20)21-2)3-4-13(17)19/h3-8H,1-2H3,(H,15,16,18). The Balaban J connectivity index is 2.48. The molecule has 2 aromatic heterocycles. The van der Waals surface area contributed by atoms with E-state index >= 15 is 0 Å². The fraction of sp³-hybridized carbons (Fsp3) is 0.143. The second-order valence-electron chi connectivity index (χ2n) is 4.20. The number of carbonyl (C=O) groups excluding carboxylic acids is 2. The van der Waals surface area contributed by atoms with Crippen molar-refractivity contribution in [2.75, 3.05) is 12.4 Å². The van der Waals surface area contributed by atoms with Crippen molar-refractivity contribution in [2.45, 2.75) is 6.92 Å². The minimum atomic E-state index is -0.542. The molecule has 0 radical (unpaired) electrons. The van der Waals surface area contributed by atoms with Crippen molar-refractivity contribution in [2.24, 2.45) is 0 Å². The number of carbonyl (C=O) groups is 2. The summed E-state index contributed by atoms with van der Waals surface area (Å²) >= 11 is 0. The minimum Gasteiger partial charge on any atom is -0.465 e. The lowest BCUT2D eigenvalue weighted by atomic mass is 10.2. The Morgan fingerprint density at radius 2 is 2.05 bits per heavy atom. The first-order chi connectivity index (χ1) is 10.0. The van der Waals surface area contributed by atoms with E-state index in [1.54, 1.807) is 6.07 Å². The molecule has 0 saturated carbocycles. The molecule has 0 aliphatic rings. The highest BCUT2D eigenvalue weighted by Crippen LogP contribution is 2.11. The summed E-state index contributed by atoms with van der Waals surface area (Å²) in [5.41, 5.74) is 0.405. The van der Waals surface area contributed by atoms with Gasteiger partial charge in [-0.2, -0.15) is 0 Å². The van der Waals surface area contributed by atoms with Crippen LogP contribution in [0.3, 0.4) is 0 Å². The highest BCUT2D eigenvalue weighted by Gasteiger charge is 2.09. The predicted molar refractivity (Wildman–Crippen MR) is 75.5 cm³/mol. The van der Waals surface area contributed by atoms with Crippen LogP contribution in [0.25, 0.3) is 5.69 Å². The van der Waals surface area contributed by atoms with Crippen LogP contribution in [0.1, 0.15) is 17.3 Å². The predicted octanol–water partition coefficient (Wildman–Crippen LogP) is 0.978. The molecule has 0 saturated heterocycles. The number of ether oxygens (including phenoxy) is 1. The molecular formula is C14H13N3O4. The number of pyridine rings is 2. The number of amides is 1. The summed E-state index contributed by atoms with van der Waals surface area (Å²) in [4.78, 5) is 38.4. The highest BCUT2D eigenvalue weighted by atomic mass is 16.5. The summed E-state index contributed by atoms with van der Waals surface area (Å²) in [5, 5.41) is 2.53. The number of anilines is 1. The molecule has 0 aliphatic carbocycles. The molecule has 2 aromatic rings. The maximum Gasteiger partial charge on any atom is 0.339 e. The van der Waals surface area contributed by atoms with E-state index < -0.39 is 5.97 Å². The summed E-state index contributed by atoms with van der Waals surface area (Å²) in [6.07, 6.45) is 2.83. The van der Waals surface area contributed by atoms with Gasteiger partial charge in [-0.1, -0.05) is 0 Å². The molecule has 7 nitrogen and oxygen atoms in total. The van der Waals surface area contributed by atoms with Crippen molar-refractivity contribution >= 4 is 17.7 Å². The third-order valence-corrected chi connectivity index (χ3v) is 2.66. The van der Waals surface area contributed by atoms with Crippen LogP contribution in [-0.4, -0.2) is 28.5 Å². The molecule has 2 heterocycles. The number of hydrogen-bond acceptors (Lipinski definition) is 5. The van der Waals surface area contributed by atoms with Gasteiger partial charge in [-0.3, -0.25) is 14.2 Å². The van der Waals surface area contributed by atoms with Gasteiger partial charge in [0.1, 0.15) is 5.82 Å². The average Bonchev–Trinajstić information content (AvgIpc) is 2.46. The minimum absolute atomic E-state index is 0.245. The first-order valence-corrected chi connectivity index (χ1v) is 6.06. The SMILES string of the molecule is COC(=O)c1ccc(=O)n(-c2ccnc(NC(C)=O)c2)c1. The van der Waals surface area contributed by atoms with E-state index in [2.05, 4.69) is 15.0 Å². The molecule has 7 heteroatoms. The molecule has 0 aliphatic heterocycles. The van der Waals surface area contributed by atoms with E-state index in [0.717, 1.165) is 0 Å². The first-order valence-electron chi connectivity index (χ1n) is 6.06. The second-order valence-corrected chi connectivity index (χ2v) is 4.20. The van der Waals surface area contributed by atoms with Crippen molar-refractivity contribution in [3.05, 3.63) is 52.6 Å². The molecule has 0 bridgehead atoms. The smallest absolute Gasteiger partial charge is 0.339 e. The van der Waals surface area contributed by atoms with Crippen molar-refractivity contribution in [3.8, 4) is 5.69 Å². The number of esters is 1. The molecule has 1 amide bonds. The summed E-state index contributed by atoms with van der Waals surface area (Å²) in [6.45, 7) is 1.36. The third-order valence-electron chi connectivity index (χ3n) is 2.66. The van der Waals surface area contributed by atoms with Gasteiger partial charge in [-0.25, -0.2) is 9.78 Å². The lowest BCUT2D eigenvalue weighted by molar-refractivity contribution is -0.114. The Labute approximate surface area is 120 Å². The molecule has 0 spiro atoms. The van der Waals surface area contributed by atoms with Gasteiger partial charge in [-0.15, -0.1) is 0 Å². The van der Waals surface area contributed by atoms with Crippen LogP contribution < -0.4 is 10.9 Å². The molecule has 108 valence electrons. The van der Waals surface area contributed by atoms with Gasteiger partial charge in [0.15, 0.2) is 0 Å². The van der Waals surface area contributed by atoms with Crippen molar-refractivity contribution in [1.82, 2.24) is 9.55 Å². The highest BCUT2D eigenvalue weighted by molar-refractivity contribution is 5.89. The summed E-state index contributed by atoms with van der Waals surface area (Å²) in [6, 6.07) is 5.78. The monoisotopic (exact) mass is 287 g/mol. The van der Waals surface area contributed by atoms with Crippen LogP contribution >= 0.6 is 0 Å². The van der Waals surface area contributed by atoms with Crippen LogP contribution in [0.5, 0.6) is 0 Å². The van der Waals surface area contributed by atoms with E-state index in [1.165, 1.54) is 49.2 Å². The van der Waals surface area contributed by atoms with Gasteiger partial charge < -0.3 is 10.1 Å². The Hall–Kier alpha value is -2.96. The molecule has 21 heavy (non-hydrogen) atoms. The molecule has 1 N–H and O–H groups in total. The van der Waals surface area contributed by atoms with Gasteiger partial charge in [-0.05, 0) is 12.1 Å². The van der Waals surface area contributed by atoms with Gasteiger partial charge in [0.05, 0.1) is 18.4 Å². The quantitative estimate of drug-likeness (QED) is 0.850. The average molecular weight is 287 g/mol. The van der Waals surface area contributed by atoms with Gasteiger partial charge in [0.25, 0.3) is 5.56 Å². The van der Waals surface area contributed by atoms with Crippen LogP contribution in [-0.2, 0) is 9.53 Å². The van der Waals surface area contributed by atoms with Crippen molar-refractivity contribution < 1.29 is 14.3 Å². The summed E-state index contributed by atoms with van der Waals surface area (Å²) in [7, 11) is 1.26. The zero-order valence-electron chi connectivity index (χ0n) is 11.5.